The number of nitrogen functional groups attached to an aromatic ring is 1. The highest BCUT2D eigenvalue weighted by atomic mass is 15.1. The first kappa shape index (κ1) is 11.5. The topological polar surface area (TPSA) is 65.4 Å². The molecule has 0 radical (unpaired) electrons. The molecule has 0 unspecified atom stereocenters. The van der Waals surface area contributed by atoms with E-state index in [1.54, 1.807) is 12.4 Å². The van der Waals surface area contributed by atoms with Crippen LogP contribution >= 0.6 is 0 Å². The predicted octanol–water partition coefficient (Wildman–Crippen LogP) is 2.24. The monoisotopic (exact) mass is 228 g/mol. The van der Waals surface area contributed by atoms with Gasteiger partial charge in [-0.1, -0.05) is 0 Å². The summed E-state index contributed by atoms with van der Waals surface area (Å²) in [6, 6.07) is 5.91. The summed E-state index contributed by atoms with van der Waals surface area (Å²) in [5.74, 6) is 0.501. The molecule has 1 aliphatic carbocycles. The minimum Gasteiger partial charge on any atom is -0.399 e. The van der Waals surface area contributed by atoms with Crippen LogP contribution < -0.4 is 5.73 Å². The van der Waals surface area contributed by atoms with E-state index in [9.17, 15) is 5.26 Å². The molecule has 4 heteroatoms. The smallest absolute Gasteiger partial charge is 0.102 e. The molecule has 88 valence electrons. The van der Waals surface area contributed by atoms with Gasteiger partial charge in [0.2, 0.25) is 0 Å². The summed E-state index contributed by atoms with van der Waals surface area (Å²) in [7, 11) is 3.79. The van der Waals surface area contributed by atoms with E-state index < -0.39 is 0 Å². The highest BCUT2D eigenvalue weighted by molar-refractivity contribution is 5.71. The van der Waals surface area contributed by atoms with Crippen LogP contribution in [-0.2, 0) is 0 Å². The van der Waals surface area contributed by atoms with Gasteiger partial charge < -0.3 is 10.6 Å². The molecule has 0 atom stereocenters. The third-order valence-corrected chi connectivity index (χ3v) is 2.73. The molecule has 17 heavy (non-hydrogen) atoms. The number of hydrogen-bond acceptors (Lipinski definition) is 3. The number of nitrogens with two attached hydrogens (primary N) is 1. The molecule has 0 spiro atoms. The van der Waals surface area contributed by atoms with E-state index in [2.05, 4.69) is 11.1 Å². The van der Waals surface area contributed by atoms with Crippen LogP contribution in [-0.4, -0.2) is 25.3 Å². The zero-order valence-corrected chi connectivity index (χ0v) is 10.1. The van der Waals surface area contributed by atoms with Crippen molar-refractivity contribution >= 4 is 17.7 Å². The lowest BCUT2D eigenvalue weighted by molar-refractivity contribution is 0.643. The fraction of sp³-hybridized carbons (Fsp3) is 0.385. The molecule has 0 saturated heterocycles. The predicted molar refractivity (Wildman–Crippen MR) is 69.4 cm³/mol. The standard InChI is InChI=1S/C13H16N4/c1-17(2)8-16-13-6-10(15)5-11(9-3-4-9)12(13)7-14/h5-6,8-9H,3-4,15H2,1-2H3. The average Bonchev–Trinajstić information content (AvgIpc) is 3.09. The Labute approximate surface area is 101 Å². The van der Waals surface area contributed by atoms with Crippen molar-refractivity contribution in [3.05, 3.63) is 23.3 Å². The lowest BCUT2D eigenvalue weighted by atomic mass is 10.0. The van der Waals surface area contributed by atoms with Crippen LogP contribution in [0.2, 0.25) is 0 Å². The molecule has 0 aliphatic heterocycles. The Balaban J connectivity index is 2.46. The second-order valence-electron chi connectivity index (χ2n) is 4.60. The molecule has 0 aromatic heterocycles. The second-order valence-corrected chi connectivity index (χ2v) is 4.60. The van der Waals surface area contributed by atoms with Crippen molar-refractivity contribution in [1.29, 1.82) is 5.26 Å². The van der Waals surface area contributed by atoms with Crippen molar-refractivity contribution in [2.24, 2.45) is 4.99 Å². The highest BCUT2D eigenvalue weighted by Crippen LogP contribution is 2.44. The summed E-state index contributed by atoms with van der Waals surface area (Å²) in [5, 5.41) is 9.25. The van der Waals surface area contributed by atoms with Crippen LogP contribution in [0, 0.1) is 11.3 Å². The SMILES string of the molecule is CN(C)C=Nc1cc(N)cc(C2CC2)c1C#N. The number of anilines is 1. The van der Waals surface area contributed by atoms with Gasteiger partial charge in [-0.05, 0) is 36.5 Å². The minimum absolute atomic E-state index is 0.501. The van der Waals surface area contributed by atoms with Crippen molar-refractivity contribution in [3.63, 3.8) is 0 Å². The minimum atomic E-state index is 0.501. The number of benzene rings is 1. The molecule has 0 bridgehead atoms. The van der Waals surface area contributed by atoms with Gasteiger partial charge in [0.1, 0.15) is 6.07 Å². The normalized spacial score (nSPS) is 14.9. The number of nitriles is 1. The third-order valence-electron chi connectivity index (χ3n) is 2.73. The van der Waals surface area contributed by atoms with Gasteiger partial charge in [0, 0.05) is 19.8 Å². The molecule has 4 nitrogen and oxygen atoms in total. The summed E-state index contributed by atoms with van der Waals surface area (Å²) in [4.78, 5) is 6.14. The molecule has 0 heterocycles. The highest BCUT2D eigenvalue weighted by Gasteiger charge is 2.27. The van der Waals surface area contributed by atoms with E-state index in [0.29, 0.717) is 22.9 Å². The van der Waals surface area contributed by atoms with E-state index in [-0.39, 0.29) is 0 Å². The summed E-state index contributed by atoms with van der Waals surface area (Å²) in [6.07, 6.45) is 3.98. The van der Waals surface area contributed by atoms with Crippen LogP contribution in [0.1, 0.15) is 29.9 Å². The summed E-state index contributed by atoms with van der Waals surface area (Å²) in [5.41, 5.74) is 8.93. The van der Waals surface area contributed by atoms with E-state index in [1.807, 2.05) is 25.1 Å². The quantitative estimate of drug-likeness (QED) is 0.490. The van der Waals surface area contributed by atoms with Gasteiger partial charge in [-0.2, -0.15) is 5.26 Å². The Morgan fingerprint density at radius 3 is 2.71 bits per heavy atom. The van der Waals surface area contributed by atoms with Crippen molar-refractivity contribution < 1.29 is 0 Å². The maximum Gasteiger partial charge on any atom is 0.102 e. The molecular formula is C13H16N4. The van der Waals surface area contributed by atoms with Crippen molar-refractivity contribution in [2.45, 2.75) is 18.8 Å². The second kappa shape index (κ2) is 4.46. The first-order valence-electron chi connectivity index (χ1n) is 5.66. The molecule has 1 aliphatic rings. The number of nitrogens with zero attached hydrogens (tertiary/aromatic N) is 3. The first-order valence-corrected chi connectivity index (χ1v) is 5.66. The lowest BCUT2D eigenvalue weighted by Crippen LogP contribution is -2.07. The first-order chi connectivity index (χ1) is 8.11. The lowest BCUT2D eigenvalue weighted by Gasteiger charge is -2.08. The molecular weight excluding hydrogens is 212 g/mol. The van der Waals surface area contributed by atoms with E-state index in [4.69, 9.17) is 5.73 Å². The van der Waals surface area contributed by atoms with Gasteiger partial charge in [-0.25, -0.2) is 4.99 Å². The third kappa shape index (κ3) is 2.56. The van der Waals surface area contributed by atoms with Crippen molar-refractivity contribution in [3.8, 4) is 6.07 Å². The van der Waals surface area contributed by atoms with Crippen molar-refractivity contribution in [1.82, 2.24) is 4.90 Å². The average molecular weight is 228 g/mol. The number of aliphatic imine (C=N–C) groups is 1. The van der Waals surface area contributed by atoms with Gasteiger partial charge in [0.15, 0.2) is 0 Å². The zero-order chi connectivity index (χ0) is 12.4. The Bertz CT molecular complexity index is 493. The molecule has 2 rings (SSSR count). The van der Waals surface area contributed by atoms with E-state index >= 15 is 0 Å². The van der Waals surface area contributed by atoms with Crippen LogP contribution in [0.25, 0.3) is 0 Å². The fourth-order valence-electron chi connectivity index (χ4n) is 1.79. The Morgan fingerprint density at radius 1 is 1.47 bits per heavy atom. The largest absolute Gasteiger partial charge is 0.399 e. The van der Waals surface area contributed by atoms with Crippen LogP contribution in [0.4, 0.5) is 11.4 Å². The van der Waals surface area contributed by atoms with Gasteiger partial charge in [-0.3, -0.25) is 0 Å². The number of rotatable bonds is 3. The van der Waals surface area contributed by atoms with Crippen LogP contribution in [0.5, 0.6) is 0 Å². The molecule has 1 aromatic rings. The maximum absolute atomic E-state index is 9.25. The summed E-state index contributed by atoms with van der Waals surface area (Å²) in [6.45, 7) is 0. The number of hydrogen-bond donors (Lipinski definition) is 1. The van der Waals surface area contributed by atoms with Gasteiger partial charge in [0.25, 0.3) is 0 Å². The zero-order valence-electron chi connectivity index (χ0n) is 10.1. The molecule has 1 fully saturated rings. The maximum atomic E-state index is 9.25. The molecule has 1 saturated carbocycles. The van der Waals surface area contributed by atoms with Crippen molar-refractivity contribution in [2.75, 3.05) is 19.8 Å². The van der Waals surface area contributed by atoms with E-state index in [1.165, 1.54) is 0 Å². The Hall–Kier alpha value is -2.02. The Morgan fingerprint density at radius 2 is 2.18 bits per heavy atom. The van der Waals surface area contributed by atoms with Crippen LogP contribution in [0.3, 0.4) is 0 Å². The summed E-state index contributed by atoms with van der Waals surface area (Å²) >= 11 is 0. The molecule has 0 amide bonds. The van der Waals surface area contributed by atoms with Crippen LogP contribution in [0.15, 0.2) is 17.1 Å². The molecule has 2 N–H and O–H groups in total. The summed E-state index contributed by atoms with van der Waals surface area (Å²) < 4.78 is 0. The fourth-order valence-corrected chi connectivity index (χ4v) is 1.79. The van der Waals surface area contributed by atoms with Gasteiger partial charge in [0.05, 0.1) is 17.6 Å². The van der Waals surface area contributed by atoms with Gasteiger partial charge in [-0.15, -0.1) is 0 Å². The molecule has 1 aromatic carbocycles. The van der Waals surface area contributed by atoms with E-state index in [0.717, 1.165) is 18.4 Å². The van der Waals surface area contributed by atoms with Gasteiger partial charge >= 0.3 is 0 Å². The Kier molecular flexibility index (Phi) is 3.01.